The van der Waals surface area contributed by atoms with Crippen molar-refractivity contribution < 1.29 is 9.53 Å². The summed E-state index contributed by atoms with van der Waals surface area (Å²) in [6.07, 6.45) is 9.05. The van der Waals surface area contributed by atoms with Crippen LogP contribution in [-0.2, 0) is 9.53 Å². The molecule has 1 aliphatic carbocycles. The molecule has 0 aromatic heterocycles. The first kappa shape index (κ1) is 10.3. The maximum Gasteiger partial charge on any atom is 0.309 e. The molecule has 0 saturated heterocycles. The molecule has 0 unspecified atom stereocenters. The number of ether oxygens (including phenoxy) is 1. The Hall–Kier alpha value is -0.790. The average molecular weight is 182 g/mol. The van der Waals surface area contributed by atoms with Crippen LogP contribution in [0.25, 0.3) is 0 Å². The van der Waals surface area contributed by atoms with Gasteiger partial charge in [0, 0.05) is 0 Å². The second-order valence-electron chi connectivity index (χ2n) is 3.56. The molecule has 2 nitrogen and oxygen atoms in total. The molecule has 0 aliphatic heterocycles. The van der Waals surface area contributed by atoms with Gasteiger partial charge >= 0.3 is 5.97 Å². The van der Waals surface area contributed by atoms with Gasteiger partial charge in [-0.1, -0.05) is 25.5 Å². The Bertz CT molecular complexity index is 181. The van der Waals surface area contributed by atoms with E-state index in [9.17, 15) is 4.79 Å². The van der Waals surface area contributed by atoms with Crippen molar-refractivity contribution in [3.63, 3.8) is 0 Å². The fourth-order valence-corrected chi connectivity index (χ4v) is 1.28. The first-order valence-corrected chi connectivity index (χ1v) is 5.13. The third kappa shape index (κ3) is 4.11. The zero-order chi connectivity index (χ0) is 9.52. The molecule has 0 bridgehead atoms. The standard InChI is InChI=1S/C11H18O2/c1-2-3-4-8-11(12)13-9-10-6-5-7-10/h3-4,10H,2,5-9H2,1H3. The van der Waals surface area contributed by atoms with Gasteiger partial charge in [-0.2, -0.15) is 0 Å². The van der Waals surface area contributed by atoms with Gasteiger partial charge in [-0.05, 0) is 25.2 Å². The SMILES string of the molecule is CCC=CCC(=O)OCC1CCC1. The van der Waals surface area contributed by atoms with Crippen molar-refractivity contribution in [1.29, 1.82) is 0 Å². The van der Waals surface area contributed by atoms with Crippen molar-refractivity contribution in [2.75, 3.05) is 6.61 Å². The Morgan fingerprint density at radius 2 is 2.23 bits per heavy atom. The van der Waals surface area contributed by atoms with E-state index in [2.05, 4.69) is 6.92 Å². The third-order valence-corrected chi connectivity index (χ3v) is 2.39. The molecule has 0 heterocycles. The summed E-state index contributed by atoms with van der Waals surface area (Å²) in [6, 6.07) is 0. The molecule has 0 atom stereocenters. The lowest BCUT2D eigenvalue weighted by molar-refractivity contribution is -0.144. The maximum atomic E-state index is 11.1. The number of esters is 1. The first-order valence-electron chi connectivity index (χ1n) is 5.13. The largest absolute Gasteiger partial charge is 0.465 e. The predicted molar refractivity (Wildman–Crippen MR) is 52.3 cm³/mol. The number of allylic oxidation sites excluding steroid dienone is 1. The van der Waals surface area contributed by atoms with Crippen LogP contribution in [-0.4, -0.2) is 12.6 Å². The molecule has 0 aromatic rings. The van der Waals surface area contributed by atoms with Gasteiger partial charge in [-0.25, -0.2) is 0 Å². The minimum absolute atomic E-state index is 0.0865. The third-order valence-electron chi connectivity index (χ3n) is 2.39. The van der Waals surface area contributed by atoms with E-state index in [-0.39, 0.29) is 5.97 Å². The van der Waals surface area contributed by atoms with Gasteiger partial charge < -0.3 is 4.74 Å². The molecular weight excluding hydrogens is 164 g/mol. The van der Waals surface area contributed by atoms with Gasteiger partial charge in [0.1, 0.15) is 0 Å². The second-order valence-corrected chi connectivity index (χ2v) is 3.56. The molecule has 74 valence electrons. The van der Waals surface area contributed by atoms with E-state index >= 15 is 0 Å². The summed E-state index contributed by atoms with van der Waals surface area (Å²) in [6.45, 7) is 2.69. The molecule has 2 heteroatoms. The van der Waals surface area contributed by atoms with Gasteiger partial charge in [0.2, 0.25) is 0 Å². The van der Waals surface area contributed by atoms with Crippen molar-refractivity contribution >= 4 is 5.97 Å². The van der Waals surface area contributed by atoms with E-state index < -0.39 is 0 Å². The smallest absolute Gasteiger partial charge is 0.309 e. The Morgan fingerprint density at radius 3 is 2.77 bits per heavy atom. The van der Waals surface area contributed by atoms with Crippen LogP contribution in [0.15, 0.2) is 12.2 Å². The highest BCUT2D eigenvalue weighted by Crippen LogP contribution is 2.26. The minimum atomic E-state index is -0.0865. The molecule has 13 heavy (non-hydrogen) atoms. The van der Waals surface area contributed by atoms with Crippen molar-refractivity contribution in [1.82, 2.24) is 0 Å². The summed E-state index contributed by atoms with van der Waals surface area (Å²) in [4.78, 5) is 11.1. The number of rotatable bonds is 5. The number of carbonyl (C=O) groups excluding carboxylic acids is 1. The van der Waals surface area contributed by atoms with Gasteiger partial charge in [-0.15, -0.1) is 0 Å². The van der Waals surface area contributed by atoms with Crippen LogP contribution in [0.2, 0.25) is 0 Å². The summed E-state index contributed by atoms with van der Waals surface area (Å²) in [5.74, 6) is 0.565. The molecule has 0 radical (unpaired) electrons. The van der Waals surface area contributed by atoms with E-state index in [0.717, 1.165) is 6.42 Å². The summed E-state index contributed by atoms with van der Waals surface area (Å²) in [7, 11) is 0. The Labute approximate surface area is 80.0 Å². The first-order chi connectivity index (χ1) is 6.33. The molecule has 0 spiro atoms. The molecule has 0 amide bonds. The fraction of sp³-hybridized carbons (Fsp3) is 0.727. The van der Waals surface area contributed by atoms with Crippen LogP contribution in [0.4, 0.5) is 0 Å². The maximum absolute atomic E-state index is 11.1. The topological polar surface area (TPSA) is 26.3 Å². The molecule has 1 fully saturated rings. The lowest BCUT2D eigenvalue weighted by atomic mass is 9.86. The van der Waals surface area contributed by atoms with E-state index in [1.807, 2.05) is 12.2 Å². The van der Waals surface area contributed by atoms with Crippen LogP contribution in [0.3, 0.4) is 0 Å². The molecule has 1 saturated carbocycles. The summed E-state index contributed by atoms with van der Waals surface area (Å²) < 4.78 is 5.10. The highest BCUT2D eigenvalue weighted by atomic mass is 16.5. The molecule has 0 N–H and O–H groups in total. The summed E-state index contributed by atoms with van der Waals surface area (Å²) in [5.41, 5.74) is 0. The van der Waals surface area contributed by atoms with E-state index in [4.69, 9.17) is 4.74 Å². The van der Waals surface area contributed by atoms with Crippen molar-refractivity contribution in [2.45, 2.75) is 39.0 Å². The summed E-state index contributed by atoms with van der Waals surface area (Å²) >= 11 is 0. The Morgan fingerprint density at radius 1 is 1.46 bits per heavy atom. The monoisotopic (exact) mass is 182 g/mol. The van der Waals surface area contributed by atoms with Crippen LogP contribution in [0.1, 0.15) is 39.0 Å². The average Bonchev–Trinajstić information content (AvgIpc) is 2.02. The van der Waals surface area contributed by atoms with E-state index in [0.29, 0.717) is 18.9 Å². The Balaban J connectivity index is 1.99. The quantitative estimate of drug-likeness (QED) is 0.482. The van der Waals surface area contributed by atoms with E-state index in [1.165, 1.54) is 19.3 Å². The van der Waals surface area contributed by atoms with Crippen molar-refractivity contribution in [3.05, 3.63) is 12.2 Å². The lowest BCUT2D eigenvalue weighted by Gasteiger charge is -2.24. The Kier molecular flexibility index (Phi) is 4.58. The van der Waals surface area contributed by atoms with Crippen molar-refractivity contribution in [2.24, 2.45) is 5.92 Å². The molecule has 1 rings (SSSR count). The van der Waals surface area contributed by atoms with Crippen LogP contribution in [0, 0.1) is 5.92 Å². The van der Waals surface area contributed by atoms with Crippen LogP contribution in [0.5, 0.6) is 0 Å². The highest BCUT2D eigenvalue weighted by molar-refractivity contribution is 5.71. The molecule has 1 aliphatic rings. The fourth-order valence-electron chi connectivity index (χ4n) is 1.28. The predicted octanol–water partition coefficient (Wildman–Crippen LogP) is 2.69. The van der Waals surface area contributed by atoms with Crippen LogP contribution < -0.4 is 0 Å². The molecule has 0 aromatic carbocycles. The summed E-state index contributed by atoms with van der Waals surface area (Å²) in [5, 5.41) is 0. The number of hydrogen-bond acceptors (Lipinski definition) is 2. The normalized spacial score (nSPS) is 17.3. The highest BCUT2D eigenvalue weighted by Gasteiger charge is 2.18. The lowest BCUT2D eigenvalue weighted by Crippen LogP contribution is -2.19. The van der Waals surface area contributed by atoms with Gasteiger partial charge in [0.15, 0.2) is 0 Å². The second kappa shape index (κ2) is 5.79. The number of carbonyl (C=O) groups is 1. The van der Waals surface area contributed by atoms with Gasteiger partial charge in [0.25, 0.3) is 0 Å². The molecular formula is C11H18O2. The minimum Gasteiger partial charge on any atom is -0.465 e. The van der Waals surface area contributed by atoms with Crippen molar-refractivity contribution in [3.8, 4) is 0 Å². The van der Waals surface area contributed by atoms with E-state index in [1.54, 1.807) is 0 Å². The van der Waals surface area contributed by atoms with Crippen LogP contribution >= 0.6 is 0 Å². The van der Waals surface area contributed by atoms with Gasteiger partial charge in [0.05, 0.1) is 13.0 Å². The number of hydrogen-bond donors (Lipinski definition) is 0. The zero-order valence-electron chi connectivity index (χ0n) is 8.29. The van der Waals surface area contributed by atoms with Gasteiger partial charge in [-0.3, -0.25) is 4.79 Å². The zero-order valence-corrected chi connectivity index (χ0v) is 8.29.